The van der Waals surface area contributed by atoms with Gasteiger partial charge in [-0.1, -0.05) is 61.2 Å². The van der Waals surface area contributed by atoms with Crippen molar-refractivity contribution in [3.05, 3.63) is 65.2 Å². The van der Waals surface area contributed by atoms with Crippen molar-refractivity contribution in [2.24, 2.45) is 0 Å². The molecule has 2 aromatic carbocycles. The summed E-state index contributed by atoms with van der Waals surface area (Å²) in [5.74, 6) is 0.731. The fourth-order valence-corrected chi connectivity index (χ4v) is 6.34. The Morgan fingerprint density at radius 2 is 1.57 bits per heavy atom. The maximum atomic E-state index is 13.2. The molecule has 1 unspecified atom stereocenters. The fourth-order valence-electron chi connectivity index (χ4n) is 6.21. The molecule has 200 valence electrons. The van der Waals surface area contributed by atoms with Gasteiger partial charge in [0.25, 0.3) is 0 Å². The van der Waals surface area contributed by atoms with Crippen molar-refractivity contribution in [2.75, 3.05) is 26.2 Å². The predicted octanol–water partition coefficient (Wildman–Crippen LogP) is 6.71. The van der Waals surface area contributed by atoms with Gasteiger partial charge >= 0.3 is 6.09 Å². The number of hydroxylamine groups is 2. The Kier molecular flexibility index (Phi) is 8.90. The van der Waals surface area contributed by atoms with Crippen LogP contribution in [0.3, 0.4) is 0 Å². The number of rotatable bonds is 6. The number of carbonyl (C=O) groups is 1. The lowest BCUT2D eigenvalue weighted by atomic mass is 9.91. The molecule has 2 aliphatic heterocycles. The van der Waals surface area contributed by atoms with E-state index >= 15 is 0 Å². The van der Waals surface area contributed by atoms with Gasteiger partial charge in [0, 0.05) is 37.2 Å². The molecular weight excluding hydrogens is 486 g/mol. The van der Waals surface area contributed by atoms with Crippen LogP contribution in [0.2, 0.25) is 5.02 Å². The Balaban J connectivity index is 1.24. The van der Waals surface area contributed by atoms with Crippen LogP contribution in [0.1, 0.15) is 69.9 Å². The number of piperidine rings is 1. The molecule has 2 saturated heterocycles. The van der Waals surface area contributed by atoms with E-state index in [4.69, 9.17) is 21.2 Å². The number of carbonyl (C=O) groups excluding carboxylic acids is 1. The molecule has 6 nitrogen and oxygen atoms in total. The van der Waals surface area contributed by atoms with Gasteiger partial charge in [-0.15, -0.1) is 5.06 Å². The molecule has 3 fully saturated rings. The number of benzene rings is 2. The smallest absolute Gasteiger partial charge is 0.410 e. The topological polar surface area (TPSA) is 45.2 Å². The highest BCUT2D eigenvalue weighted by Crippen LogP contribution is 2.37. The number of piperazine rings is 1. The average Bonchev–Trinajstić information content (AvgIpc) is 2.95. The summed E-state index contributed by atoms with van der Waals surface area (Å²) in [5, 5.41) is 2.73. The van der Waals surface area contributed by atoms with E-state index < -0.39 is 0 Å². The van der Waals surface area contributed by atoms with E-state index in [0.29, 0.717) is 11.1 Å². The Bertz CT molecular complexity index is 991. The summed E-state index contributed by atoms with van der Waals surface area (Å²) in [5.41, 5.74) is 1.21. The lowest BCUT2D eigenvalue weighted by Crippen LogP contribution is -2.54. The first kappa shape index (κ1) is 26.3. The highest BCUT2D eigenvalue weighted by molar-refractivity contribution is 6.30. The first-order valence-corrected chi connectivity index (χ1v) is 14.4. The molecule has 3 aliphatic rings. The molecule has 1 saturated carbocycles. The van der Waals surface area contributed by atoms with Crippen molar-refractivity contribution >= 4 is 17.7 Å². The normalized spacial score (nSPS) is 25.0. The maximum Gasteiger partial charge on any atom is 0.410 e. The predicted molar refractivity (Wildman–Crippen MR) is 147 cm³/mol. The second-order valence-electron chi connectivity index (χ2n) is 10.7. The zero-order valence-corrected chi connectivity index (χ0v) is 22.7. The standard InChI is InChI=1S/C30H40ClN3O3/c1-23(36-30(35)33-21-19-32(20-22-33)26-11-6-3-7-12-26)28-13-8-14-29(24-9-4-2-5-10-24)34(28)37-27-17-15-25(31)16-18-27/h2,4-5,9-10,15-18,23,26,28-29H,3,6-8,11-14,19-22H2,1H3/t23?,28-,29+/m1/s1. The van der Waals surface area contributed by atoms with Gasteiger partial charge in [-0.2, -0.15) is 0 Å². The number of halogens is 1. The fraction of sp³-hybridized carbons (Fsp3) is 0.567. The monoisotopic (exact) mass is 525 g/mol. The van der Waals surface area contributed by atoms with Crippen LogP contribution in [0.5, 0.6) is 5.75 Å². The summed E-state index contributed by atoms with van der Waals surface area (Å²) in [6.07, 6.45) is 9.07. The first-order chi connectivity index (χ1) is 18.1. The van der Waals surface area contributed by atoms with Crippen LogP contribution in [0.4, 0.5) is 4.79 Å². The van der Waals surface area contributed by atoms with Crippen molar-refractivity contribution in [3.8, 4) is 5.75 Å². The van der Waals surface area contributed by atoms with Gasteiger partial charge in [0.2, 0.25) is 0 Å². The molecule has 1 amide bonds. The van der Waals surface area contributed by atoms with Crippen molar-refractivity contribution in [2.45, 2.75) is 82.5 Å². The Labute approximate surface area is 226 Å². The van der Waals surface area contributed by atoms with Gasteiger partial charge in [-0.3, -0.25) is 4.90 Å². The lowest BCUT2D eigenvalue weighted by molar-refractivity contribution is -0.176. The average molecular weight is 526 g/mol. The second-order valence-corrected chi connectivity index (χ2v) is 11.2. The van der Waals surface area contributed by atoms with Crippen molar-refractivity contribution in [1.29, 1.82) is 0 Å². The van der Waals surface area contributed by atoms with Gasteiger partial charge < -0.3 is 14.5 Å². The number of amides is 1. The van der Waals surface area contributed by atoms with Gasteiger partial charge in [0.05, 0.1) is 12.1 Å². The Hall–Kier alpha value is -2.28. The van der Waals surface area contributed by atoms with E-state index in [9.17, 15) is 4.79 Å². The summed E-state index contributed by atoms with van der Waals surface area (Å²) in [4.78, 5) is 24.2. The van der Waals surface area contributed by atoms with Crippen LogP contribution >= 0.6 is 11.6 Å². The molecule has 0 bridgehead atoms. The van der Waals surface area contributed by atoms with Crippen LogP contribution in [0, 0.1) is 0 Å². The van der Waals surface area contributed by atoms with Crippen LogP contribution < -0.4 is 4.84 Å². The molecular formula is C30H40ClN3O3. The Morgan fingerprint density at radius 1 is 0.865 bits per heavy atom. The summed E-state index contributed by atoms with van der Waals surface area (Å²) in [6.45, 7) is 5.38. The van der Waals surface area contributed by atoms with Gasteiger partial charge in [-0.05, 0) is 68.9 Å². The summed E-state index contributed by atoms with van der Waals surface area (Å²) < 4.78 is 6.11. The molecule has 7 heteroatoms. The summed E-state index contributed by atoms with van der Waals surface area (Å²) in [6, 6.07) is 18.6. The minimum absolute atomic E-state index is 0.0536. The molecule has 0 aromatic heterocycles. The van der Waals surface area contributed by atoms with E-state index in [0.717, 1.165) is 51.2 Å². The van der Waals surface area contributed by atoms with E-state index in [1.54, 1.807) is 0 Å². The largest absolute Gasteiger partial charge is 0.445 e. The van der Waals surface area contributed by atoms with Crippen LogP contribution in [-0.4, -0.2) is 65.3 Å². The molecule has 0 spiro atoms. The zero-order valence-electron chi connectivity index (χ0n) is 21.9. The highest BCUT2D eigenvalue weighted by atomic mass is 35.5. The lowest BCUT2D eigenvalue weighted by Gasteiger charge is -2.44. The zero-order chi connectivity index (χ0) is 25.6. The highest BCUT2D eigenvalue weighted by Gasteiger charge is 2.39. The minimum atomic E-state index is -0.303. The first-order valence-electron chi connectivity index (χ1n) is 14.0. The SMILES string of the molecule is CC(OC(=O)N1CCN(C2CCCCC2)CC1)[C@H]1CCC[C@@H](c2ccccc2)N1Oc1ccc(Cl)cc1. The number of ether oxygens (including phenoxy) is 1. The molecule has 1 aliphatic carbocycles. The molecule has 0 radical (unpaired) electrons. The van der Waals surface area contributed by atoms with E-state index in [1.807, 2.05) is 42.2 Å². The third-order valence-corrected chi connectivity index (χ3v) is 8.56. The van der Waals surface area contributed by atoms with Crippen molar-refractivity contribution < 1.29 is 14.4 Å². The van der Waals surface area contributed by atoms with Gasteiger partial charge in [-0.25, -0.2) is 4.79 Å². The van der Waals surface area contributed by atoms with Gasteiger partial charge in [0.15, 0.2) is 0 Å². The summed E-state index contributed by atoms with van der Waals surface area (Å²) >= 11 is 6.11. The quantitative estimate of drug-likeness (QED) is 0.419. The molecule has 37 heavy (non-hydrogen) atoms. The van der Waals surface area contributed by atoms with Crippen molar-refractivity contribution in [1.82, 2.24) is 14.9 Å². The number of hydrogen-bond donors (Lipinski definition) is 0. The van der Waals surface area contributed by atoms with Crippen LogP contribution in [-0.2, 0) is 4.74 Å². The molecule has 0 N–H and O–H groups in total. The molecule has 3 atom stereocenters. The maximum absolute atomic E-state index is 13.2. The number of hydrogen-bond acceptors (Lipinski definition) is 5. The van der Waals surface area contributed by atoms with Crippen LogP contribution in [0.15, 0.2) is 54.6 Å². The second kappa shape index (κ2) is 12.5. The third kappa shape index (κ3) is 6.60. The van der Waals surface area contributed by atoms with E-state index in [1.165, 1.54) is 37.7 Å². The van der Waals surface area contributed by atoms with Crippen LogP contribution in [0.25, 0.3) is 0 Å². The summed E-state index contributed by atoms with van der Waals surface area (Å²) in [7, 11) is 0. The Morgan fingerprint density at radius 3 is 2.27 bits per heavy atom. The van der Waals surface area contributed by atoms with Gasteiger partial charge in [0.1, 0.15) is 11.9 Å². The van der Waals surface area contributed by atoms with Crippen molar-refractivity contribution in [3.63, 3.8) is 0 Å². The minimum Gasteiger partial charge on any atom is -0.445 e. The molecule has 2 heterocycles. The van der Waals surface area contributed by atoms with E-state index in [2.05, 4.69) is 34.2 Å². The van der Waals surface area contributed by atoms with E-state index in [-0.39, 0.29) is 24.3 Å². The number of nitrogens with zero attached hydrogens (tertiary/aromatic N) is 3. The molecule has 5 rings (SSSR count). The third-order valence-electron chi connectivity index (χ3n) is 8.31. The molecule has 2 aromatic rings.